The number of benzene rings is 2. The van der Waals surface area contributed by atoms with Crippen LogP contribution in [0, 0.1) is 0 Å². The number of hydrogen-bond acceptors (Lipinski definition) is 4. The highest BCUT2D eigenvalue weighted by Crippen LogP contribution is 2.33. The lowest BCUT2D eigenvalue weighted by Crippen LogP contribution is -2.25. The van der Waals surface area contributed by atoms with Crippen LogP contribution in [0.1, 0.15) is 29.3 Å². The van der Waals surface area contributed by atoms with Crippen LogP contribution < -0.4 is 15.0 Å². The molecule has 1 amide bonds. The molecule has 3 aromatic rings. The predicted molar refractivity (Wildman–Crippen MR) is 112 cm³/mol. The third-order valence-electron chi connectivity index (χ3n) is 4.83. The lowest BCUT2D eigenvalue weighted by molar-refractivity contribution is 0.102. The number of nitrogens with one attached hydrogen (secondary N) is 1. The van der Waals surface area contributed by atoms with Gasteiger partial charge in [-0.05, 0) is 61.7 Å². The Morgan fingerprint density at radius 1 is 1.14 bits per heavy atom. The van der Waals surface area contributed by atoms with Crippen LogP contribution in [0.25, 0.3) is 0 Å². The number of hydrogen-bond donors (Lipinski definition) is 1. The van der Waals surface area contributed by atoms with E-state index in [4.69, 9.17) is 4.74 Å². The van der Waals surface area contributed by atoms with Crippen LogP contribution in [0.5, 0.6) is 5.75 Å². The van der Waals surface area contributed by atoms with Gasteiger partial charge < -0.3 is 15.0 Å². The number of para-hydroxylation sites is 1. The van der Waals surface area contributed by atoms with Gasteiger partial charge >= 0.3 is 0 Å². The van der Waals surface area contributed by atoms with Gasteiger partial charge in [-0.15, -0.1) is 0 Å². The number of nitrogens with zero attached hydrogens (tertiary/aromatic N) is 2. The average molecular weight is 373 g/mol. The van der Waals surface area contributed by atoms with Gasteiger partial charge in [0.1, 0.15) is 5.75 Å². The van der Waals surface area contributed by atoms with Crippen LogP contribution in [0.15, 0.2) is 67.0 Å². The normalized spacial score (nSPS) is 13.0. The fourth-order valence-electron chi connectivity index (χ4n) is 3.51. The Morgan fingerprint density at radius 2 is 1.96 bits per heavy atom. The summed E-state index contributed by atoms with van der Waals surface area (Å²) in [5.74, 6) is 0.608. The SMILES string of the molecule is CCOc1ccc(NC(=O)c2cncc(N3CCCc4ccccc43)c2)cc1. The van der Waals surface area contributed by atoms with Gasteiger partial charge in [0.05, 0.1) is 24.1 Å². The van der Waals surface area contributed by atoms with Crippen molar-refractivity contribution in [2.24, 2.45) is 0 Å². The van der Waals surface area contributed by atoms with Gasteiger partial charge in [-0.25, -0.2) is 0 Å². The molecule has 142 valence electrons. The van der Waals surface area contributed by atoms with E-state index in [0.29, 0.717) is 12.2 Å². The second-order valence-corrected chi connectivity index (χ2v) is 6.73. The van der Waals surface area contributed by atoms with Crippen LogP contribution in [-0.2, 0) is 6.42 Å². The maximum Gasteiger partial charge on any atom is 0.257 e. The third kappa shape index (κ3) is 3.83. The first-order valence-corrected chi connectivity index (χ1v) is 9.59. The lowest BCUT2D eigenvalue weighted by Gasteiger charge is -2.31. The zero-order valence-corrected chi connectivity index (χ0v) is 15.9. The van der Waals surface area contributed by atoms with Crippen molar-refractivity contribution in [1.29, 1.82) is 0 Å². The first kappa shape index (κ1) is 18.0. The number of pyridine rings is 1. The molecule has 0 radical (unpaired) electrons. The van der Waals surface area contributed by atoms with E-state index in [9.17, 15) is 4.79 Å². The number of anilines is 3. The Morgan fingerprint density at radius 3 is 2.79 bits per heavy atom. The van der Waals surface area contributed by atoms with Gasteiger partial charge in [-0.3, -0.25) is 9.78 Å². The molecule has 1 aromatic heterocycles. The van der Waals surface area contributed by atoms with Gasteiger partial charge in [-0.1, -0.05) is 18.2 Å². The molecule has 2 heterocycles. The van der Waals surface area contributed by atoms with Crippen molar-refractivity contribution in [2.45, 2.75) is 19.8 Å². The molecule has 0 saturated carbocycles. The second kappa shape index (κ2) is 8.13. The van der Waals surface area contributed by atoms with E-state index in [2.05, 4.69) is 33.4 Å². The quantitative estimate of drug-likeness (QED) is 0.697. The highest BCUT2D eigenvalue weighted by Gasteiger charge is 2.19. The molecule has 1 N–H and O–H groups in total. The minimum atomic E-state index is -0.177. The van der Waals surface area contributed by atoms with Crippen molar-refractivity contribution in [2.75, 3.05) is 23.4 Å². The summed E-state index contributed by atoms with van der Waals surface area (Å²) in [4.78, 5) is 19.3. The zero-order valence-electron chi connectivity index (χ0n) is 15.9. The number of amides is 1. The summed E-state index contributed by atoms with van der Waals surface area (Å²) in [5.41, 5.74) is 4.72. The van der Waals surface area contributed by atoms with Crippen molar-refractivity contribution < 1.29 is 9.53 Å². The van der Waals surface area contributed by atoms with Crippen LogP contribution in [0.2, 0.25) is 0 Å². The molecule has 5 heteroatoms. The van der Waals surface area contributed by atoms with E-state index in [1.807, 2.05) is 49.5 Å². The van der Waals surface area contributed by atoms with Gasteiger partial charge in [0.25, 0.3) is 5.91 Å². The summed E-state index contributed by atoms with van der Waals surface area (Å²) in [6.45, 7) is 3.48. The summed E-state index contributed by atoms with van der Waals surface area (Å²) in [5, 5.41) is 2.92. The molecule has 5 nitrogen and oxygen atoms in total. The molecule has 2 aromatic carbocycles. The van der Waals surface area contributed by atoms with Crippen LogP contribution in [-0.4, -0.2) is 24.0 Å². The van der Waals surface area contributed by atoms with E-state index < -0.39 is 0 Å². The van der Waals surface area contributed by atoms with Crippen molar-refractivity contribution in [3.63, 3.8) is 0 Å². The highest BCUT2D eigenvalue weighted by molar-refractivity contribution is 6.04. The zero-order chi connectivity index (χ0) is 19.3. The van der Waals surface area contributed by atoms with Gasteiger partial charge in [-0.2, -0.15) is 0 Å². The van der Waals surface area contributed by atoms with Crippen molar-refractivity contribution in [3.05, 3.63) is 78.1 Å². The van der Waals surface area contributed by atoms with E-state index in [0.717, 1.165) is 36.5 Å². The molecule has 0 unspecified atom stereocenters. The molecular weight excluding hydrogens is 350 g/mol. The van der Waals surface area contributed by atoms with E-state index >= 15 is 0 Å². The number of aryl methyl sites for hydroxylation is 1. The third-order valence-corrected chi connectivity index (χ3v) is 4.83. The molecule has 4 rings (SSSR count). The van der Waals surface area contributed by atoms with Crippen LogP contribution in [0.3, 0.4) is 0 Å². The average Bonchev–Trinajstić information content (AvgIpc) is 2.75. The Hall–Kier alpha value is -3.34. The van der Waals surface area contributed by atoms with Crippen molar-refractivity contribution >= 4 is 23.0 Å². The number of rotatable bonds is 5. The summed E-state index contributed by atoms with van der Waals surface area (Å²) in [7, 11) is 0. The Bertz CT molecular complexity index is 970. The first-order chi connectivity index (χ1) is 13.7. The summed E-state index contributed by atoms with van der Waals surface area (Å²) < 4.78 is 5.43. The minimum Gasteiger partial charge on any atom is -0.494 e. The Balaban J connectivity index is 1.53. The molecule has 1 aliphatic heterocycles. The first-order valence-electron chi connectivity index (χ1n) is 9.59. The minimum absolute atomic E-state index is 0.177. The molecule has 0 saturated heterocycles. The molecule has 1 aliphatic rings. The standard InChI is InChI=1S/C23H23N3O2/c1-2-28-21-11-9-19(10-12-21)25-23(27)18-14-20(16-24-15-18)26-13-5-7-17-6-3-4-8-22(17)26/h3-4,6,8-12,14-16H,2,5,7,13H2,1H3,(H,25,27). The van der Waals surface area contributed by atoms with Crippen LogP contribution >= 0.6 is 0 Å². The topological polar surface area (TPSA) is 54.5 Å². The number of carbonyl (C=O) groups excluding carboxylic acids is 1. The second-order valence-electron chi connectivity index (χ2n) is 6.73. The molecule has 0 atom stereocenters. The maximum atomic E-state index is 12.7. The van der Waals surface area contributed by atoms with Gasteiger partial charge in [0, 0.05) is 24.1 Å². The number of carbonyl (C=O) groups is 1. The largest absolute Gasteiger partial charge is 0.494 e. The number of fused-ring (bicyclic) bond motifs is 1. The molecule has 0 fully saturated rings. The predicted octanol–water partition coefficient (Wildman–Crippen LogP) is 4.82. The Labute approximate surface area is 165 Å². The van der Waals surface area contributed by atoms with Crippen molar-refractivity contribution in [3.8, 4) is 5.75 Å². The van der Waals surface area contributed by atoms with E-state index in [1.54, 1.807) is 6.20 Å². The van der Waals surface area contributed by atoms with E-state index in [-0.39, 0.29) is 5.91 Å². The molecule has 0 bridgehead atoms. The maximum absolute atomic E-state index is 12.7. The smallest absolute Gasteiger partial charge is 0.257 e. The molecular formula is C23H23N3O2. The lowest BCUT2D eigenvalue weighted by atomic mass is 10.0. The van der Waals surface area contributed by atoms with Crippen molar-refractivity contribution in [1.82, 2.24) is 4.98 Å². The number of ether oxygens (including phenoxy) is 1. The summed E-state index contributed by atoms with van der Waals surface area (Å²) >= 11 is 0. The summed E-state index contributed by atoms with van der Waals surface area (Å²) in [6, 6.07) is 17.7. The van der Waals surface area contributed by atoms with Crippen LogP contribution in [0.4, 0.5) is 17.1 Å². The molecule has 28 heavy (non-hydrogen) atoms. The Kier molecular flexibility index (Phi) is 5.24. The highest BCUT2D eigenvalue weighted by atomic mass is 16.5. The molecule has 0 aliphatic carbocycles. The monoisotopic (exact) mass is 373 g/mol. The number of aromatic nitrogens is 1. The van der Waals surface area contributed by atoms with Gasteiger partial charge in [0.15, 0.2) is 0 Å². The van der Waals surface area contributed by atoms with E-state index in [1.165, 1.54) is 11.3 Å². The fourth-order valence-corrected chi connectivity index (χ4v) is 3.51. The fraction of sp³-hybridized carbons (Fsp3) is 0.217. The van der Waals surface area contributed by atoms with Gasteiger partial charge in [0.2, 0.25) is 0 Å². The summed E-state index contributed by atoms with van der Waals surface area (Å²) in [6.07, 6.45) is 5.58. The molecule has 0 spiro atoms.